The van der Waals surface area contributed by atoms with Crippen molar-refractivity contribution in [3.05, 3.63) is 94.8 Å². The molecule has 2 aliphatic carbocycles. The summed E-state index contributed by atoms with van der Waals surface area (Å²) in [6.45, 7) is 1.70. The second-order valence-electron chi connectivity index (χ2n) is 11.9. The van der Waals surface area contributed by atoms with E-state index >= 15 is 0 Å². The molecule has 1 N–H and O–H groups in total. The van der Waals surface area contributed by atoms with Gasteiger partial charge in [-0.15, -0.1) is 0 Å². The summed E-state index contributed by atoms with van der Waals surface area (Å²) in [7, 11) is 0. The fourth-order valence-corrected chi connectivity index (χ4v) is 7.09. The Bertz CT molecular complexity index is 1380. The van der Waals surface area contributed by atoms with E-state index in [1.165, 1.54) is 37.1 Å². The third-order valence-electron chi connectivity index (χ3n) is 9.64. The fourth-order valence-electron chi connectivity index (χ4n) is 7.09. The van der Waals surface area contributed by atoms with E-state index in [1.54, 1.807) is 12.1 Å². The Hall–Kier alpha value is -3.19. The molecular formula is C33H33F4NO2. The average molecular weight is 552 g/mol. The highest BCUT2D eigenvalue weighted by Crippen LogP contribution is 2.55. The Balaban J connectivity index is 1.56. The average Bonchev–Trinajstić information content (AvgIpc) is 3.49. The van der Waals surface area contributed by atoms with E-state index in [0.717, 1.165) is 62.0 Å². The van der Waals surface area contributed by atoms with Gasteiger partial charge >= 0.3 is 12.1 Å². The van der Waals surface area contributed by atoms with Gasteiger partial charge in [0.1, 0.15) is 5.82 Å². The van der Waals surface area contributed by atoms with Crippen LogP contribution in [0.1, 0.15) is 79.7 Å². The lowest BCUT2D eigenvalue weighted by molar-refractivity contribution is -0.143. The molecule has 210 valence electrons. The summed E-state index contributed by atoms with van der Waals surface area (Å²) in [6.07, 6.45) is 2.66. The molecule has 1 aliphatic heterocycles. The van der Waals surface area contributed by atoms with Gasteiger partial charge in [-0.25, -0.2) is 4.39 Å². The summed E-state index contributed by atoms with van der Waals surface area (Å²) in [5.74, 6) is -1.24. The minimum absolute atomic E-state index is 0.291. The molecule has 3 aromatic carbocycles. The molecule has 2 saturated carbocycles. The van der Waals surface area contributed by atoms with E-state index in [2.05, 4.69) is 4.90 Å². The number of rotatable bonds is 6. The van der Waals surface area contributed by atoms with Crippen LogP contribution >= 0.6 is 0 Å². The molecule has 0 amide bonds. The van der Waals surface area contributed by atoms with Crippen molar-refractivity contribution >= 4 is 5.97 Å². The van der Waals surface area contributed by atoms with Crippen LogP contribution in [0.2, 0.25) is 0 Å². The summed E-state index contributed by atoms with van der Waals surface area (Å²) >= 11 is 0. The van der Waals surface area contributed by atoms with E-state index in [9.17, 15) is 27.5 Å². The molecule has 3 fully saturated rings. The number of alkyl halides is 3. The highest BCUT2D eigenvalue weighted by Gasteiger charge is 2.47. The number of likely N-dealkylation sites (tertiary alicyclic amines) is 1. The molecule has 6 rings (SSSR count). The Kier molecular flexibility index (Phi) is 6.76. The van der Waals surface area contributed by atoms with Crippen LogP contribution in [0.3, 0.4) is 0 Å². The maximum atomic E-state index is 14.0. The molecule has 1 heterocycles. The van der Waals surface area contributed by atoms with Crippen molar-refractivity contribution in [3.63, 3.8) is 0 Å². The summed E-state index contributed by atoms with van der Waals surface area (Å²) in [4.78, 5) is 15.2. The Morgan fingerprint density at radius 2 is 1.45 bits per heavy atom. The first kappa shape index (κ1) is 27.0. The maximum Gasteiger partial charge on any atom is 0.416 e. The van der Waals surface area contributed by atoms with Crippen molar-refractivity contribution < 1.29 is 27.5 Å². The van der Waals surface area contributed by atoms with Gasteiger partial charge in [-0.2, -0.15) is 13.2 Å². The third-order valence-corrected chi connectivity index (χ3v) is 9.64. The van der Waals surface area contributed by atoms with Crippen LogP contribution in [0.15, 0.2) is 66.7 Å². The number of carbonyl (C=O) groups is 1. The summed E-state index contributed by atoms with van der Waals surface area (Å²) in [5, 5.41) is 10.5. The second kappa shape index (κ2) is 10.0. The van der Waals surface area contributed by atoms with Gasteiger partial charge in [-0.1, -0.05) is 55.3 Å². The first-order chi connectivity index (χ1) is 19.1. The molecule has 3 aromatic rings. The predicted molar refractivity (Wildman–Crippen MR) is 145 cm³/mol. The summed E-state index contributed by atoms with van der Waals surface area (Å²) < 4.78 is 54.4. The number of hydrogen-bond donors (Lipinski definition) is 1. The van der Waals surface area contributed by atoms with Gasteiger partial charge in [0.15, 0.2) is 0 Å². The number of benzene rings is 3. The van der Waals surface area contributed by atoms with E-state index in [4.69, 9.17) is 0 Å². The van der Waals surface area contributed by atoms with Crippen molar-refractivity contribution in [2.75, 3.05) is 13.1 Å². The van der Waals surface area contributed by atoms with Gasteiger partial charge < -0.3 is 5.11 Å². The molecule has 0 radical (unpaired) electrons. The molecule has 40 heavy (non-hydrogen) atoms. The molecule has 3 aliphatic rings. The molecule has 1 atom stereocenters. The summed E-state index contributed by atoms with van der Waals surface area (Å²) in [6, 6.07) is 16.9. The standard InChI is InChI=1S/C33H33F4NO2/c34-25-12-8-23(9-13-25)29(38-20-18-31(16-17-31)19-21-38)26-4-3-5-27(32(30(39)40)14-1-2-15-32)28(26)22-6-10-24(11-7-22)33(35,36)37/h3-13,29H,1-2,14-21H2,(H,39,40). The number of nitrogens with zero attached hydrogens (tertiary/aromatic N) is 1. The van der Waals surface area contributed by atoms with Crippen LogP contribution in [0.5, 0.6) is 0 Å². The van der Waals surface area contributed by atoms with Crippen molar-refractivity contribution in [1.29, 1.82) is 0 Å². The van der Waals surface area contributed by atoms with E-state index in [-0.39, 0.29) is 11.9 Å². The van der Waals surface area contributed by atoms with Gasteiger partial charge in [0, 0.05) is 0 Å². The van der Waals surface area contributed by atoms with E-state index < -0.39 is 23.1 Å². The Morgan fingerprint density at radius 3 is 2.00 bits per heavy atom. The van der Waals surface area contributed by atoms with Crippen molar-refractivity contribution in [1.82, 2.24) is 4.90 Å². The maximum absolute atomic E-state index is 14.0. The molecule has 0 bridgehead atoms. The van der Waals surface area contributed by atoms with Crippen molar-refractivity contribution in [3.8, 4) is 11.1 Å². The van der Waals surface area contributed by atoms with Crippen LogP contribution in [-0.2, 0) is 16.4 Å². The zero-order chi connectivity index (χ0) is 28.1. The Morgan fingerprint density at radius 1 is 0.825 bits per heavy atom. The van der Waals surface area contributed by atoms with Gasteiger partial charge in [-0.05, 0) is 109 Å². The van der Waals surface area contributed by atoms with Gasteiger partial charge in [0.05, 0.1) is 17.0 Å². The van der Waals surface area contributed by atoms with E-state index in [0.29, 0.717) is 34.9 Å². The van der Waals surface area contributed by atoms with Gasteiger partial charge in [0.2, 0.25) is 0 Å². The first-order valence-electron chi connectivity index (χ1n) is 14.2. The highest BCUT2D eigenvalue weighted by atomic mass is 19.4. The quantitative estimate of drug-likeness (QED) is 0.313. The summed E-state index contributed by atoms with van der Waals surface area (Å²) in [5.41, 5.74) is 2.20. The van der Waals surface area contributed by atoms with Crippen LogP contribution in [0, 0.1) is 11.2 Å². The minimum atomic E-state index is -4.47. The number of carboxylic acid groups (broad SMARTS) is 1. The van der Waals surface area contributed by atoms with Crippen LogP contribution in [-0.4, -0.2) is 29.1 Å². The lowest BCUT2D eigenvalue weighted by atomic mass is 9.73. The normalized spacial score (nSPS) is 20.9. The van der Waals surface area contributed by atoms with Gasteiger partial charge in [-0.3, -0.25) is 9.69 Å². The number of piperidine rings is 1. The lowest BCUT2D eigenvalue weighted by Crippen LogP contribution is -2.39. The van der Waals surface area contributed by atoms with Crippen LogP contribution in [0.25, 0.3) is 11.1 Å². The monoisotopic (exact) mass is 551 g/mol. The van der Waals surface area contributed by atoms with E-state index in [1.807, 2.05) is 18.2 Å². The predicted octanol–water partition coefficient (Wildman–Crippen LogP) is 8.37. The van der Waals surface area contributed by atoms with Crippen molar-refractivity contribution in [2.45, 2.75) is 69.0 Å². The highest BCUT2D eigenvalue weighted by molar-refractivity contribution is 5.87. The molecule has 0 aromatic heterocycles. The molecule has 3 nitrogen and oxygen atoms in total. The smallest absolute Gasteiger partial charge is 0.416 e. The molecule has 7 heteroatoms. The first-order valence-corrected chi connectivity index (χ1v) is 14.2. The molecule has 1 spiro atoms. The number of carboxylic acids is 1. The van der Waals surface area contributed by atoms with Crippen LogP contribution in [0.4, 0.5) is 17.6 Å². The topological polar surface area (TPSA) is 40.5 Å². The largest absolute Gasteiger partial charge is 0.481 e. The van der Waals surface area contributed by atoms with Gasteiger partial charge in [0.25, 0.3) is 0 Å². The van der Waals surface area contributed by atoms with Crippen molar-refractivity contribution in [2.24, 2.45) is 5.41 Å². The fraction of sp³-hybridized carbons (Fsp3) is 0.424. The molecule has 1 saturated heterocycles. The lowest BCUT2D eigenvalue weighted by Gasteiger charge is -2.40. The second-order valence-corrected chi connectivity index (χ2v) is 11.9. The number of halogens is 4. The zero-order valence-corrected chi connectivity index (χ0v) is 22.3. The molecule has 1 unspecified atom stereocenters. The molecular weight excluding hydrogens is 518 g/mol. The zero-order valence-electron chi connectivity index (χ0n) is 22.3. The SMILES string of the molecule is O=C(O)C1(c2cccc(C(c3ccc(F)cc3)N3CCC4(CC3)CC4)c2-c2ccc(C(F)(F)F)cc2)CCCC1. The number of aliphatic carboxylic acids is 1. The number of hydrogen-bond acceptors (Lipinski definition) is 2. The third kappa shape index (κ3) is 4.83. The minimum Gasteiger partial charge on any atom is -0.481 e. The Labute approximate surface area is 231 Å². The van der Waals surface area contributed by atoms with Crippen LogP contribution < -0.4 is 0 Å².